The van der Waals surface area contributed by atoms with Gasteiger partial charge in [-0.15, -0.1) is 5.10 Å². The number of aromatic nitrogens is 3. The SMILES string of the molecule is NC(=O)c1ccc(-n2cc(CCC(=O)O)nn2)cc1. The van der Waals surface area contributed by atoms with E-state index in [4.69, 9.17) is 10.8 Å². The number of hydrogen-bond acceptors (Lipinski definition) is 4. The van der Waals surface area contributed by atoms with Crippen molar-refractivity contribution in [2.45, 2.75) is 12.8 Å². The standard InChI is InChI=1S/C12H12N4O3/c13-12(19)8-1-4-10(5-2-8)16-7-9(14-15-16)3-6-11(17)18/h1-2,4-5,7H,3,6H2,(H2,13,19)(H,17,18). The lowest BCUT2D eigenvalue weighted by molar-refractivity contribution is -0.136. The number of aliphatic carboxylic acids is 1. The van der Waals surface area contributed by atoms with E-state index in [1.54, 1.807) is 30.5 Å². The Balaban J connectivity index is 2.13. The van der Waals surface area contributed by atoms with Crippen LogP contribution in [0.5, 0.6) is 0 Å². The molecule has 0 fully saturated rings. The van der Waals surface area contributed by atoms with Crippen molar-refractivity contribution in [2.24, 2.45) is 5.73 Å². The monoisotopic (exact) mass is 260 g/mol. The maximum absolute atomic E-state index is 10.9. The number of nitrogens with two attached hydrogens (primary N) is 1. The van der Waals surface area contributed by atoms with E-state index in [0.717, 1.165) is 5.69 Å². The molecule has 0 unspecified atom stereocenters. The van der Waals surface area contributed by atoms with Crippen LogP contribution in [0.2, 0.25) is 0 Å². The highest BCUT2D eigenvalue weighted by molar-refractivity contribution is 5.92. The fraction of sp³-hybridized carbons (Fsp3) is 0.167. The third-order valence-electron chi connectivity index (χ3n) is 2.55. The van der Waals surface area contributed by atoms with Gasteiger partial charge in [-0.05, 0) is 24.3 Å². The van der Waals surface area contributed by atoms with E-state index >= 15 is 0 Å². The number of nitrogens with zero attached hydrogens (tertiary/aromatic N) is 3. The first-order valence-corrected chi connectivity index (χ1v) is 5.59. The van der Waals surface area contributed by atoms with Gasteiger partial charge in [-0.1, -0.05) is 5.21 Å². The van der Waals surface area contributed by atoms with Gasteiger partial charge in [-0.25, -0.2) is 4.68 Å². The van der Waals surface area contributed by atoms with Gasteiger partial charge < -0.3 is 10.8 Å². The third kappa shape index (κ3) is 3.15. The van der Waals surface area contributed by atoms with Crippen molar-refractivity contribution in [3.8, 4) is 5.69 Å². The minimum absolute atomic E-state index is 0.0132. The average molecular weight is 260 g/mol. The van der Waals surface area contributed by atoms with E-state index < -0.39 is 11.9 Å². The molecule has 1 aromatic heterocycles. The van der Waals surface area contributed by atoms with Crippen molar-refractivity contribution < 1.29 is 14.7 Å². The fourth-order valence-electron chi connectivity index (χ4n) is 1.55. The summed E-state index contributed by atoms with van der Waals surface area (Å²) in [5.74, 6) is -1.37. The minimum Gasteiger partial charge on any atom is -0.481 e. The van der Waals surface area contributed by atoms with Gasteiger partial charge in [0.15, 0.2) is 0 Å². The van der Waals surface area contributed by atoms with Crippen LogP contribution < -0.4 is 5.73 Å². The zero-order chi connectivity index (χ0) is 13.8. The highest BCUT2D eigenvalue weighted by Crippen LogP contribution is 2.09. The number of carbonyl (C=O) groups is 2. The Labute approximate surface area is 108 Å². The topological polar surface area (TPSA) is 111 Å². The molecule has 0 aliphatic carbocycles. The molecule has 2 aromatic rings. The molecule has 1 heterocycles. The maximum atomic E-state index is 10.9. The summed E-state index contributed by atoms with van der Waals surface area (Å²) in [6, 6.07) is 6.57. The van der Waals surface area contributed by atoms with Gasteiger partial charge in [-0.3, -0.25) is 9.59 Å². The average Bonchev–Trinajstić information content (AvgIpc) is 2.85. The fourth-order valence-corrected chi connectivity index (χ4v) is 1.55. The Morgan fingerprint density at radius 2 is 1.95 bits per heavy atom. The minimum atomic E-state index is -0.875. The molecule has 1 amide bonds. The first-order chi connectivity index (χ1) is 9.06. The van der Waals surface area contributed by atoms with Crippen LogP contribution in [0.1, 0.15) is 22.5 Å². The van der Waals surface area contributed by atoms with E-state index in [9.17, 15) is 9.59 Å². The summed E-state index contributed by atoms with van der Waals surface area (Å²) in [4.78, 5) is 21.4. The first-order valence-electron chi connectivity index (χ1n) is 5.59. The number of carboxylic acids is 1. The maximum Gasteiger partial charge on any atom is 0.303 e. The van der Waals surface area contributed by atoms with E-state index in [1.165, 1.54) is 4.68 Å². The zero-order valence-electron chi connectivity index (χ0n) is 9.98. The van der Waals surface area contributed by atoms with Gasteiger partial charge in [0, 0.05) is 12.0 Å². The van der Waals surface area contributed by atoms with Crippen molar-refractivity contribution >= 4 is 11.9 Å². The van der Waals surface area contributed by atoms with Gasteiger partial charge >= 0.3 is 5.97 Å². The molecule has 0 atom stereocenters. The smallest absolute Gasteiger partial charge is 0.303 e. The summed E-state index contributed by atoms with van der Waals surface area (Å²) >= 11 is 0. The van der Waals surface area contributed by atoms with Crippen molar-refractivity contribution in [1.82, 2.24) is 15.0 Å². The van der Waals surface area contributed by atoms with Crippen LogP contribution in [-0.4, -0.2) is 32.0 Å². The summed E-state index contributed by atoms with van der Waals surface area (Å²) in [5.41, 5.74) is 6.88. The van der Waals surface area contributed by atoms with Crippen LogP contribution in [0.25, 0.3) is 5.69 Å². The molecule has 3 N–H and O–H groups in total. The molecule has 0 spiro atoms. The van der Waals surface area contributed by atoms with Crippen LogP contribution >= 0.6 is 0 Å². The predicted octanol–water partition coefficient (Wildman–Crippen LogP) is 0.383. The van der Waals surface area contributed by atoms with Gasteiger partial charge in [-0.2, -0.15) is 0 Å². The van der Waals surface area contributed by atoms with Crippen LogP contribution in [0, 0.1) is 0 Å². The molecule has 0 bridgehead atoms. The molecule has 98 valence electrons. The highest BCUT2D eigenvalue weighted by Gasteiger charge is 2.06. The van der Waals surface area contributed by atoms with Gasteiger partial charge in [0.05, 0.1) is 24.0 Å². The number of benzene rings is 1. The molecule has 7 heteroatoms. The van der Waals surface area contributed by atoms with Gasteiger partial charge in [0.25, 0.3) is 0 Å². The molecule has 19 heavy (non-hydrogen) atoms. The Morgan fingerprint density at radius 1 is 1.26 bits per heavy atom. The summed E-state index contributed by atoms with van der Waals surface area (Å²) in [6.45, 7) is 0. The second-order valence-corrected chi connectivity index (χ2v) is 3.96. The number of carbonyl (C=O) groups excluding carboxylic acids is 1. The molecule has 7 nitrogen and oxygen atoms in total. The number of carboxylic acid groups (broad SMARTS) is 1. The Morgan fingerprint density at radius 3 is 2.53 bits per heavy atom. The lowest BCUT2D eigenvalue weighted by Crippen LogP contribution is -2.10. The lowest BCUT2D eigenvalue weighted by Gasteiger charge is -2.00. The number of hydrogen-bond donors (Lipinski definition) is 2. The van der Waals surface area contributed by atoms with Crippen LogP contribution in [-0.2, 0) is 11.2 Å². The molecule has 0 aliphatic rings. The Hall–Kier alpha value is -2.70. The third-order valence-corrected chi connectivity index (χ3v) is 2.55. The summed E-state index contributed by atoms with van der Waals surface area (Å²) in [7, 11) is 0. The molecule has 0 aliphatic heterocycles. The largest absolute Gasteiger partial charge is 0.481 e. The van der Waals surface area contributed by atoms with E-state index in [1.807, 2.05) is 0 Å². The van der Waals surface area contributed by atoms with Crippen molar-refractivity contribution in [2.75, 3.05) is 0 Å². The van der Waals surface area contributed by atoms with Crippen LogP contribution in [0.4, 0.5) is 0 Å². The summed E-state index contributed by atoms with van der Waals surface area (Å²) in [6.07, 6.45) is 2.00. The predicted molar refractivity (Wildman–Crippen MR) is 65.8 cm³/mol. The molecule has 1 aromatic carbocycles. The number of primary amides is 1. The zero-order valence-corrected chi connectivity index (χ0v) is 9.98. The van der Waals surface area contributed by atoms with Crippen LogP contribution in [0.15, 0.2) is 30.5 Å². The van der Waals surface area contributed by atoms with E-state index in [0.29, 0.717) is 17.7 Å². The van der Waals surface area contributed by atoms with Crippen molar-refractivity contribution in [1.29, 1.82) is 0 Å². The van der Waals surface area contributed by atoms with Gasteiger partial charge in [0.2, 0.25) is 5.91 Å². The molecule has 0 radical (unpaired) electrons. The summed E-state index contributed by atoms with van der Waals surface area (Å²) in [5, 5.41) is 16.4. The normalized spacial score (nSPS) is 10.3. The molecule has 0 saturated carbocycles. The molecule has 2 rings (SSSR count). The number of rotatable bonds is 5. The van der Waals surface area contributed by atoms with Crippen molar-refractivity contribution in [3.63, 3.8) is 0 Å². The van der Waals surface area contributed by atoms with E-state index in [2.05, 4.69) is 10.3 Å². The highest BCUT2D eigenvalue weighted by atomic mass is 16.4. The molecular weight excluding hydrogens is 248 g/mol. The Kier molecular flexibility index (Phi) is 3.56. The second-order valence-electron chi connectivity index (χ2n) is 3.96. The van der Waals surface area contributed by atoms with E-state index in [-0.39, 0.29) is 6.42 Å². The molecule has 0 saturated heterocycles. The second kappa shape index (κ2) is 5.30. The van der Waals surface area contributed by atoms with Crippen LogP contribution in [0.3, 0.4) is 0 Å². The number of amides is 1. The summed E-state index contributed by atoms with van der Waals surface area (Å²) < 4.78 is 1.52. The first kappa shape index (κ1) is 12.7. The Bertz CT molecular complexity index is 604. The number of aryl methyl sites for hydroxylation is 1. The quantitative estimate of drug-likeness (QED) is 0.807. The lowest BCUT2D eigenvalue weighted by atomic mass is 10.2. The van der Waals surface area contributed by atoms with Crippen molar-refractivity contribution in [3.05, 3.63) is 41.7 Å². The van der Waals surface area contributed by atoms with Gasteiger partial charge in [0.1, 0.15) is 0 Å². The molecular formula is C12H12N4O3.